The van der Waals surface area contributed by atoms with Crippen LogP contribution in [0.3, 0.4) is 0 Å². The Bertz CT molecular complexity index is 680. The third kappa shape index (κ3) is 2.90. The molecule has 0 aliphatic heterocycles. The molecule has 0 fully saturated rings. The second kappa shape index (κ2) is 5.74. The second-order valence-corrected chi connectivity index (χ2v) is 6.42. The molecule has 7 heteroatoms. The smallest absolute Gasteiger partial charge is 0.246 e. The lowest BCUT2D eigenvalue weighted by Crippen LogP contribution is -2.26. The quantitative estimate of drug-likeness (QED) is 0.899. The molecule has 0 radical (unpaired) electrons. The van der Waals surface area contributed by atoms with Crippen LogP contribution < -0.4 is 0 Å². The maximum absolute atomic E-state index is 12.5. The topological polar surface area (TPSA) is 83.6 Å². The van der Waals surface area contributed by atoms with Crippen LogP contribution in [0.25, 0.3) is 0 Å². The number of pyridine rings is 1. The van der Waals surface area contributed by atoms with Crippen molar-refractivity contribution in [3.05, 3.63) is 47.7 Å². The van der Waals surface area contributed by atoms with Crippen molar-refractivity contribution in [2.75, 3.05) is 7.05 Å². The summed E-state index contributed by atoms with van der Waals surface area (Å²) >= 11 is 0. The van der Waals surface area contributed by atoms with Crippen LogP contribution in [0.4, 0.5) is 0 Å². The number of hydrogen-bond donors (Lipinski definition) is 1. The molecule has 0 unspecified atom stereocenters. The molecule has 0 spiro atoms. The molecule has 1 N–H and O–H groups in total. The Morgan fingerprint density at radius 3 is 2.55 bits per heavy atom. The molecule has 20 heavy (non-hydrogen) atoms. The van der Waals surface area contributed by atoms with Gasteiger partial charge in [-0.1, -0.05) is 0 Å². The molecule has 0 atom stereocenters. The zero-order valence-corrected chi connectivity index (χ0v) is 12.1. The van der Waals surface area contributed by atoms with E-state index >= 15 is 0 Å². The molecule has 0 aromatic carbocycles. The molecule has 2 aromatic heterocycles. The van der Waals surface area contributed by atoms with Crippen LogP contribution in [0.2, 0.25) is 0 Å². The van der Waals surface area contributed by atoms with Crippen LogP contribution >= 0.6 is 0 Å². The fraction of sp³-hybridized carbons (Fsp3) is 0.308. The van der Waals surface area contributed by atoms with Crippen molar-refractivity contribution in [1.82, 2.24) is 9.29 Å². The van der Waals surface area contributed by atoms with Gasteiger partial charge in [0.2, 0.25) is 10.0 Å². The number of furan rings is 1. The molecule has 2 rings (SSSR count). The van der Waals surface area contributed by atoms with E-state index in [0.29, 0.717) is 0 Å². The minimum atomic E-state index is -3.65. The fourth-order valence-electron chi connectivity index (χ4n) is 1.86. The van der Waals surface area contributed by atoms with Crippen molar-refractivity contribution < 1.29 is 17.9 Å². The van der Waals surface area contributed by atoms with Crippen LogP contribution in [0, 0.1) is 6.92 Å². The van der Waals surface area contributed by atoms with Crippen molar-refractivity contribution in [2.45, 2.75) is 25.0 Å². The SMILES string of the molecule is Cc1oc(CO)cc1S(=O)(=O)N(C)Cc1ccncc1. The highest BCUT2D eigenvalue weighted by Gasteiger charge is 2.26. The minimum absolute atomic E-state index is 0.0816. The van der Waals surface area contributed by atoms with Crippen LogP contribution in [-0.4, -0.2) is 29.9 Å². The zero-order valence-electron chi connectivity index (χ0n) is 11.3. The lowest BCUT2D eigenvalue weighted by atomic mass is 10.3. The van der Waals surface area contributed by atoms with E-state index in [1.165, 1.54) is 17.4 Å². The van der Waals surface area contributed by atoms with Crippen LogP contribution in [0.15, 0.2) is 39.9 Å². The molecular weight excluding hydrogens is 280 g/mol. The van der Waals surface area contributed by atoms with Crippen molar-refractivity contribution in [1.29, 1.82) is 0 Å². The molecular formula is C13H16N2O4S. The van der Waals surface area contributed by atoms with Gasteiger partial charge in [0.05, 0.1) is 0 Å². The Hall–Kier alpha value is -1.70. The Morgan fingerprint density at radius 1 is 1.35 bits per heavy atom. The summed E-state index contributed by atoms with van der Waals surface area (Å²) in [5.74, 6) is 0.508. The van der Waals surface area contributed by atoms with Gasteiger partial charge < -0.3 is 9.52 Å². The van der Waals surface area contributed by atoms with Crippen LogP contribution in [0.1, 0.15) is 17.1 Å². The first kappa shape index (κ1) is 14.7. The summed E-state index contributed by atoms with van der Waals surface area (Å²) in [5, 5.41) is 9.01. The van der Waals surface area contributed by atoms with Gasteiger partial charge in [-0.3, -0.25) is 4.98 Å². The molecule has 2 aromatic rings. The number of aliphatic hydroxyl groups is 1. The summed E-state index contributed by atoms with van der Waals surface area (Å²) < 4.78 is 31.3. The highest BCUT2D eigenvalue weighted by atomic mass is 32.2. The number of sulfonamides is 1. The molecule has 0 saturated heterocycles. The van der Waals surface area contributed by atoms with E-state index in [2.05, 4.69) is 4.98 Å². The Labute approximate surface area is 117 Å². The zero-order chi connectivity index (χ0) is 14.8. The monoisotopic (exact) mass is 296 g/mol. The summed E-state index contributed by atoms with van der Waals surface area (Å²) in [6, 6.07) is 4.87. The van der Waals surface area contributed by atoms with E-state index in [4.69, 9.17) is 9.52 Å². The lowest BCUT2D eigenvalue weighted by molar-refractivity contribution is 0.244. The summed E-state index contributed by atoms with van der Waals surface area (Å²) in [6.45, 7) is 1.47. The van der Waals surface area contributed by atoms with Gasteiger partial charge in [-0.15, -0.1) is 0 Å². The summed E-state index contributed by atoms with van der Waals surface area (Å²) in [7, 11) is -2.15. The van der Waals surface area contributed by atoms with Gasteiger partial charge in [-0.25, -0.2) is 8.42 Å². The van der Waals surface area contributed by atoms with Gasteiger partial charge >= 0.3 is 0 Å². The number of aromatic nitrogens is 1. The third-order valence-electron chi connectivity index (χ3n) is 2.92. The van der Waals surface area contributed by atoms with Gasteiger partial charge in [-0.05, 0) is 24.6 Å². The van der Waals surface area contributed by atoms with Gasteiger partial charge in [0, 0.05) is 32.1 Å². The average Bonchev–Trinajstić information content (AvgIpc) is 2.82. The van der Waals surface area contributed by atoms with E-state index < -0.39 is 10.0 Å². The first-order valence-electron chi connectivity index (χ1n) is 6.00. The van der Waals surface area contributed by atoms with Gasteiger partial charge in [0.1, 0.15) is 23.0 Å². The van der Waals surface area contributed by atoms with Gasteiger partial charge in [0.15, 0.2) is 0 Å². The summed E-state index contributed by atoms with van der Waals surface area (Å²) in [5.41, 5.74) is 0.842. The molecule has 6 nitrogen and oxygen atoms in total. The van der Waals surface area contributed by atoms with Crippen molar-refractivity contribution in [3.8, 4) is 0 Å². The summed E-state index contributed by atoms with van der Waals surface area (Å²) in [4.78, 5) is 3.97. The maximum Gasteiger partial charge on any atom is 0.246 e. The van der Waals surface area contributed by atoms with E-state index in [0.717, 1.165) is 5.56 Å². The van der Waals surface area contributed by atoms with E-state index in [1.54, 1.807) is 31.5 Å². The summed E-state index contributed by atoms with van der Waals surface area (Å²) in [6.07, 6.45) is 3.23. The first-order chi connectivity index (χ1) is 9.45. The average molecular weight is 296 g/mol. The van der Waals surface area contributed by atoms with Crippen molar-refractivity contribution in [2.24, 2.45) is 0 Å². The predicted molar refractivity (Wildman–Crippen MR) is 72.3 cm³/mol. The molecule has 2 heterocycles. The van der Waals surface area contributed by atoms with Crippen LogP contribution in [0.5, 0.6) is 0 Å². The molecule has 108 valence electrons. The van der Waals surface area contributed by atoms with Crippen molar-refractivity contribution in [3.63, 3.8) is 0 Å². The number of nitrogens with zero attached hydrogens (tertiary/aromatic N) is 2. The molecule has 0 aliphatic carbocycles. The Balaban J connectivity index is 2.27. The maximum atomic E-state index is 12.5. The second-order valence-electron chi connectivity index (χ2n) is 4.41. The minimum Gasteiger partial charge on any atom is -0.462 e. The fourth-order valence-corrected chi connectivity index (χ4v) is 3.20. The number of hydrogen-bond acceptors (Lipinski definition) is 5. The van der Waals surface area contributed by atoms with Crippen molar-refractivity contribution >= 4 is 10.0 Å². The number of aliphatic hydroxyl groups excluding tert-OH is 1. The standard InChI is InChI=1S/C13H16N2O4S/c1-10-13(7-12(9-16)19-10)20(17,18)15(2)8-11-3-5-14-6-4-11/h3-7,16H,8-9H2,1-2H3. The van der Waals surface area contributed by atoms with Crippen LogP contribution in [-0.2, 0) is 23.2 Å². The Kier molecular flexibility index (Phi) is 4.22. The number of aryl methyl sites for hydroxylation is 1. The largest absolute Gasteiger partial charge is 0.462 e. The molecule has 0 saturated carbocycles. The number of rotatable bonds is 5. The van der Waals surface area contributed by atoms with E-state index in [9.17, 15) is 8.42 Å². The van der Waals surface area contributed by atoms with Gasteiger partial charge in [0.25, 0.3) is 0 Å². The Morgan fingerprint density at radius 2 is 2.00 bits per heavy atom. The lowest BCUT2D eigenvalue weighted by Gasteiger charge is -2.16. The predicted octanol–water partition coefficient (Wildman–Crippen LogP) is 1.30. The van der Waals surface area contributed by atoms with Gasteiger partial charge in [-0.2, -0.15) is 4.31 Å². The normalized spacial score (nSPS) is 12.0. The molecule has 0 amide bonds. The molecule has 0 bridgehead atoms. The highest BCUT2D eigenvalue weighted by Crippen LogP contribution is 2.23. The first-order valence-corrected chi connectivity index (χ1v) is 7.44. The highest BCUT2D eigenvalue weighted by molar-refractivity contribution is 7.89. The third-order valence-corrected chi connectivity index (χ3v) is 4.83. The molecule has 0 aliphatic rings. The van der Waals surface area contributed by atoms with E-state index in [1.807, 2.05) is 0 Å². The van der Waals surface area contributed by atoms with E-state index in [-0.39, 0.29) is 29.6 Å².